The second-order valence-corrected chi connectivity index (χ2v) is 1.62. The maximum absolute atomic E-state index is 3.94. The third-order valence-corrected chi connectivity index (χ3v) is 1.00. The molecule has 1 N–H and O–H groups in total. The van der Waals surface area contributed by atoms with E-state index in [1.165, 1.54) is 0 Å². The Morgan fingerprint density at radius 3 is 3.00 bits per heavy atom. The van der Waals surface area contributed by atoms with Crippen LogP contribution in [0.5, 0.6) is 0 Å². The Morgan fingerprint density at radius 1 is 1.60 bits per heavy atom. The second-order valence-electron chi connectivity index (χ2n) is 1.62. The van der Waals surface area contributed by atoms with E-state index in [1.54, 1.807) is 12.3 Å². The van der Waals surface area contributed by atoms with Crippen molar-refractivity contribution in [3.05, 3.63) is 12.3 Å². The van der Waals surface area contributed by atoms with E-state index in [4.69, 9.17) is 0 Å². The molecule has 0 saturated heterocycles. The van der Waals surface area contributed by atoms with Crippen LogP contribution in [0.1, 0.15) is 12.6 Å². The normalized spacial score (nSPS) is 10.5. The molecule has 0 aromatic carbocycles. The Hall–Kier alpha value is -1.45. The fourth-order valence-corrected chi connectivity index (χ4v) is 0.588. The summed E-state index contributed by atoms with van der Waals surface area (Å²) in [5.41, 5.74) is 0.679. The molecule has 1 heterocycles. The van der Waals surface area contributed by atoms with Crippen LogP contribution in [0.2, 0.25) is 0 Å². The lowest BCUT2D eigenvalue weighted by atomic mass is 10.4. The number of hydrogen-bond donors (Lipinski definition) is 1. The Balaban J connectivity index is 3.00. The zero-order chi connectivity index (χ0) is 7.40. The zero-order valence-corrected chi connectivity index (χ0v) is 5.70. The summed E-state index contributed by atoms with van der Waals surface area (Å²) in [7, 11) is 0. The largest absolute Gasteiger partial charge is 0.238 e. The molecule has 0 fully saturated rings. The highest BCUT2D eigenvalue weighted by molar-refractivity contribution is 5.63. The van der Waals surface area contributed by atoms with Crippen LogP contribution in [-0.4, -0.2) is 21.6 Å². The van der Waals surface area contributed by atoms with E-state index in [0.29, 0.717) is 11.5 Å². The molecule has 0 amide bonds. The summed E-state index contributed by atoms with van der Waals surface area (Å²) in [6.07, 6.45) is 3.26. The van der Waals surface area contributed by atoms with Gasteiger partial charge in [0.1, 0.15) is 5.69 Å². The minimum absolute atomic E-state index is 0.581. The molecule has 4 nitrogen and oxygen atoms in total. The minimum atomic E-state index is 0.581. The summed E-state index contributed by atoms with van der Waals surface area (Å²) in [4.78, 5) is 3.94. The summed E-state index contributed by atoms with van der Waals surface area (Å²) >= 11 is 0. The molecular weight excluding hydrogens is 128 g/mol. The van der Waals surface area contributed by atoms with Gasteiger partial charge in [0.05, 0.1) is 0 Å². The lowest BCUT2D eigenvalue weighted by Crippen LogP contribution is -1.69. The van der Waals surface area contributed by atoms with E-state index in [0.717, 1.165) is 0 Å². The molecule has 0 aliphatic carbocycles. The van der Waals surface area contributed by atoms with Crippen LogP contribution in [0.25, 0.3) is 6.08 Å². The summed E-state index contributed by atoms with van der Waals surface area (Å²) in [6, 6.07) is 0. The fourth-order valence-electron chi connectivity index (χ4n) is 0.588. The lowest BCUT2D eigenvalue weighted by molar-refractivity contribution is 0.937. The Morgan fingerprint density at radius 2 is 2.40 bits per heavy atom. The molecule has 1 aromatic rings. The molecule has 4 heteroatoms. The molecule has 0 unspecified atom stereocenters. The van der Waals surface area contributed by atoms with Crippen LogP contribution in [0, 0.1) is 0 Å². The van der Waals surface area contributed by atoms with Crippen molar-refractivity contribution in [3.8, 4) is 0 Å². The van der Waals surface area contributed by atoms with Crippen molar-refractivity contribution in [3.63, 3.8) is 0 Å². The zero-order valence-electron chi connectivity index (χ0n) is 5.70. The van der Waals surface area contributed by atoms with Crippen molar-refractivity contribution in [1.29, 1.82) is 0 Å². The molecule has 1 aromatic heterocycles. The van der Waals surface area contributed by atoms with Crippen molar-refractivity contribution in [2.75, 3.05) is 0 Å². The number of aliphatic imine (C=N–C) groups is 1. The van der Waals surface area contributed by atoms with E-state index in [-0.39, 0.29) is 0 Å². The van der Waals surface area contributed by atoms with Gasteiger partial charge in [-0.1, -0.05) is 6.58 Å². The van der Waals surface area contributed by atoms with Gasteiger partial charge < -0.3 is 0 Å². The van der Waals surface area contributed by atoms with Crippen LogP contribution in [0.15, 0.2) is 11.6 Å². The van der Waals surface area contributed by atoms with Crippen LogP contribution in [0.4, 0.5) is 5.82 Å². The van der Waals surface area contributed by atoms with E-state index >= 15 is 0 Å². The lowest BCUT2D eigenvalue weighted by Gasteiger charge is -1.81. The molecule has 0 aliphatic rings. The highest BCUT2D eigenvalue weighted by Crippen LogP contribution is 2.11. The number of rotatable bonds is 2. The average molecular weight is 136 g/mol. The first-order chi connectivity index (χ1) is 4.88. The van der Waals surface area contributed by atoms with Crippen molar-refractivity contribution in [1.82, 2.24) is 15.4 Å². The standard InChI is InChI=1S/C6H8N4/c1-3-5-6(7-4-2)9-10-8-5/h3-4H,1H2,2H3,(H,8,9,10). The fraction of sp³-hybridized carbons (Fsp3) is 0.167. The van der Waals surface area contributed by atoms with Gasteiger partial charge in [-0.25, -0.2) is 4.99 Å². The third-order valence-electron chi connectivity index (χ3n) is 1.00. The molecule has 0 bridgehead atoms. The van der Waals surface area contributed by atoms with Gasteiger partial charge in [-0.05, 0) is 13.0 Å². The summed E-state index contributed by atoms with van der Waals surface area (Å²) in [5.74, 6) is 0.581. The molecule has 0 spiro atoms. The van der Waals surface area contributed by atoms with Gasteiger partial charge in [-0.15, -0.1) is 5.10 Å². The maximum atomic E-state index is 3.94. The maximum Gasteiger partial charge on any atom is 0.201 e. The van der Waals surface area contributed by atoms with Crippen LogP contribution in [-0.2, 0) is 0 Å². The van der Waals surface area contributed by atoms with Crippen molar-refractivity contribution < 1.29 is 0 Å². The molecule has 0 radical (unpaired) electrons. The number of aromatic amines is 1. The Kier molecular flexibility index (Phi) is 1.94. The van der Waals surface area contributed by atoms with Gasteiger partial charge >= 0.3 is 0 Å². The number of nitrogens with one attached hydrogen (secondary N) is 1. The van der Waals surface area contributed by atoms with E-state index in [1.807, 2.05) is 6.92 Å². The molecule has 1 rings (SSSR count). The van der Waals surface area contributed by atoms with E-state index < -0.39 is 0 Å². The van der Waals surface area contributed by atoms with Crippen molar-refractivity contribution in [2.45, 2.75) is 6.92 Å². The monoisotopic (exact) mass is 136 g/mol. The highest BCUT2D eigenvalue weighted by atomic mass is 15.4. The Bertz CT molecular complexity index is 248. The highest BCUT2D eigenvalue weighted by Gasteiger charge is 1.98. The molecule has 52 valence electrons. The van der Waals surface area contributed by atoms with E-state index in [2.05, 4.69) is 27.0 Å². The Labute approximate surface area is 58.7 Å². The van der Waals surface area contributed by atoms with Crippen LogP contribution < -0.4 is 0 Å². The first-order valence-electron chi connectivity index (χ1n) is 2.90. The number of H-pyrrole nitrogens is 1. The van der Waals surface area contributed by atoms with Crippen molar-refractivity contribution in [2.24, 2.45) is 4.99 Å². The molecular formula is C6H8N4. The number of hydrogen-bond acceptors (Lipinski definition) is 3. The van der Waals surface area contributed by atoms with Gasteiger partial charge in [0.2, 0.25) is 5.82 Å². The van der Waals surface area contributed by atoms with Crippen LogP contribution in [0.3, 0.4) is 0 Å². The van der Waals surface area contributed by atoms with Gasteiger partial charge in [0.25, 0.3) is 0 Å². The van der Waals surface area contributed by atoms with Gasteiger partial charge in [0, 0.05) is 6.21 Å². The van der Waals surface area contributed by atoms with E-state index in [9.17, 15) is 0 Å². The van der Waals surface area contributed by atoms with Crippen LogP contribution >= 0.6 is 0 Å². The predicted molar refractivity (Wildman–Crippen MR) is 40.3 cm³/mol. The van der Waals surface area contributed by atoms with Gasteiger partial charge in [-0.3, -0.25) is 0 Å². The van der Waals surface area contributed by atoms with Gasteiger partial charge in [0.15, 0.2) is 0 Å². The average Bonchev–Trinajstić information content (AvgIpc) is 2.36. The predicted octanol–water partition coefficient (Wildman–Crippen LogP) is 1.17. The van der Waals surface area contributed by atoms with Crippen molar-refractivity contribution >= 4 is 18.1 Å². The summed E-state index contributed by atoms with van der Waals surface area (Å²) < 4.78 is 0. The molecule has 10 heavy (non-hydrogen) atoms. The van der Waals surface area contributed by atoms with Gasteiger partial charge in [-0.2, -0.15) is 10.3 Å². The smallest absolute Gasteiger partial charge is 0.201 e. The topological polar surface area (TPSA) is 53.9 Å². The number of aromatic nitrogens is 3. The second kappa shape index (κ2) is 2.91. The SMILES string of the molecule is C=Cc1n[nH]nc1N=CC. The first kappa shape index (κ1) is 6.67. The third kappa shape index (κ3) is 1.10. The molecule has 0 saturated carbocycles. The molecule has 0 atom stereocenters. The molecule has 0 aliphatic heterocycles. The number of nitrogens with zero attached hydrogens (tertiary/aromatic N) is 3. The first-order valence-corrected chi connectivity index (χ1v) is 2.90. The minimum Gasteiger partial charge on any atom is -0.238 e. The quantitative estimate of drug-likeness (QED) is 0.620. The summed E-state index contributed by atoms with van der Waals surface area (Å²) in [5, 5.41) is 10.0. The summed E-state index contributed by atoms with van der Waals surface area (Å²) in [6.45, 7) is 5.37.